The van der Waals surface area contributed by atoms with Crippen LogP contribution < -0.4 is 16.0 Å². The van der Waals surface area contributed by atoms with Gasteiger partial charge in [-0.05, 0) is 22.0 Å². The number of hydrogen-bond donors (Lipinski definition) is 2. The summed E-state index contributed by atoms with van der Waals surface area (Å²) in [5.74, 6) is 3.70. The molecule has 1 aromatic heterocycles. The van der Waals surface area contributed by atoms with Gasteiger partial charge in [0.25, 0.3) is 5.91 Å². The standard InChI is InChI=1S/C9H12N4O5/c1-17-5-7(9(14)12-10)18-6-3-2-4-11-8(6)13(15)16/h2-4,7H,5,10H2,1H3,(H,12,14). The molecule has 0 saturated carbocycles. The van der Waals surface area contributed by atoms with Crippen molar-refractivity contribution >= 4 is 11.7 Å². The molecule has 0 radical (unpaired) electrons. The second-order valence-electron chi connectivity index (χ2n) is 3.15. The van der Waals surface area contributed by atoms with E-state index in [9.17, 15) is 14.9 Å². The van der Waals surface area contributed by atoms with Gasteiger partial charge in [-0.3, -0.25) is 10.2 Å². The van der Waals surface area contributed by atoms with Gasteiger partial charge in [0.05, 0.1) is 6.61 Å². The number of rotatable bonds is 6. The second kappa shape index (κ2) is 6.47. The summed E-state index contributed by atoms with van der Waals surface area (Å²) in [6.07, 6.45) is 0.155. The SMILES string of the molecule is COCC(Oc1cccnc1[N+](=O)[O-])C(=O)NN. The van der Waals surface area contributed by atoms with Crippen molar-refractivity contribution in [2.75, 3.05) is 13.7 Å². The highest BCUT2D eigenvalue weighted by Gasteiger charge is 2.24. The molecule has 9 heteroatoms. The molecule has 0 fully saturated rings. The van der Waals surface area contributed by atoms with Crippen molar-refractivity contribution in [2.24, 2.45) is 5.84 Å². The van der Waals surface area contributed by atoms with E-state index in [1.165, 1.54) is 25.4 Å². The Bertz CT molecular complexity index is 439. The molecule has 1 aromatic rings. The van der Waals surface area contributed by atoms with Crippen LogP contribution in [0.25, 0.3) is 0 Å². The Morgan fingerprint density at radius 1 is 1.72 bits per heavy atom. The Kier molecular flexibility index (Phi) is 4.96. The van der Waals surface area contributed by atoms with Gasteiger partial charge < -0.3 is 19.6 Å². The Balaban J connectivity index is 2.93. The lowest BCUT2D eigenvalue weighted by Crippen LogP contribution is -2.44. The van der Waals surface area contributed by atoms with Gasteiger partial charge in [0.2, 0.25) is 11.9 Å². The van der Waals surface area contributed by atoms with E-state index < -0.39 is 22.8 Å². The van der Waals surface area contributed by atoms with Crippen LogP contribution in [0.15, 0.2) is 18.3 Å². The molecule has 0 aliphatic carbocycles. The summed E-state index contributed by atoms with van der Waals surface area (Å²) in [6, 6.07) is 2.78. The summed E-state index contributed by atoms with van der Waals surface area (Å²) in [5, 5.41) is 10.7. The third kappa shape index (κ3) is 3.37. The molecule has 0 aliphatic heterocycles. The van der Waals surface area contributed by atoms with E-state index in [1.54, 1.807) is 0 Å². The fourth-order valence-corrected chi connectivity index (χ4v) is 1.17. The lowest BCUT2D eigenvalue weighted by atomic mass is 10.3. The van der Waals surface area contributed by atoms with Crippen LogP contribution in [0.5, 0.6) is 5.75 Å². The molecule has 98 valence electrons. The van der Waals surface area contributed by atoms with Crippen LogP contribution in [0.4, 0.5) is 5.82 Å². The maximum Gasteiger partial charge on any atom is 0.406 e. The van der Waals surface area contributed by atoms with Crippen molar-refractivity contribution in [3.63, 3.8) is 0 Å². The monoisotopic (exact) mass is 256 g/mol. The Morgan fingerprint density at radius 3 is 3.00 bits per heavy atom. The number of aromatic nitrogens is 1. The molecule has 0 spiro atoms. The summed E-state index contributed by atoms with van der Waals surface area (Å²) >= 11 is 0. The molecule has 1 rings (SSSR count). The van der Waals surface area contributed by atoms with Crippen molar-refractivity contribution in [3.05, 3.63) is 28.4 Å². The topological polar surface area (TPSA) is 130 Å². The van der Waals surface area contributed by atoms with E-state index in [0.717, 1.165) is 0 Å². The molecule has 9 nitrogen and oxygen atoms in total. The minimum absolute atomic E-state index is 0.102. The third-order valence-electron chi connectivity index (χ3n) is 1.95. The number of nitrogens with two attached hydrogens (primary N) is 1. The van der Waals surface area contributed by atoms with E-state index in [-0.39, 0.29) is 12.4 Å². The number of nitro groups is 1. The fraction of sp³-hybridized carbons (Fsp3) is 0.333. The average Bonchev–Trinajstić information content (AvgIpc) is 2.37. The van der Waals surface area contributed by atoms with Crippen molar-refractivity contribution in [3.8, 4) is 5.75 Å². The second-order valence-corrected chi connectivity index (χ2v) is 3.15. The summed E-state index contributed by atoms with van der Waals surface area (Å²) in [7, 11) is 1.36. The largest absolute Gasteiger partial charge is 0.470 e. The van der Waals surface area contributed by atoms with Crippen LogP contribution in [0.1, 0.15) is 0 Å². The Morgan fingerprint density at radius 2 is 2.44 bits per heavy atom. The average molecular weight is 256 g/mol. The number of carbonyl (C=O) groups excluding carboxylic acids is 1. The maximum atomic E-state index is 11.4. The van der Waals surface area contributed by atoms with Gasteiger partial charge in [0, 0.05) is 7.11 Å². The minimum atomic E-state index is -1.09. The molecule has 1 unspecified atom stereocenters. The molecule has 3 N–H and O–H groups in total. The predicted molar refractivity (Wildman–Crippen MR) is 59.5 cm³/mol. The summed E-state index contributed by atoms with van der Waals surface area (Å²) in [5.41, 5.74) is 1.88. The van der Waals surface area contributed by atoms with E-state index in [4.69, 9.17) is 15.3 Å². The number of pyridine rings is 1. The van der Waals surface area contributed by atoms with Crippen LogP contribution in [0.3, 0.4) is 0 Å². The zero-order chi connectivity index (χ0) is 13.5. The van der Waals surface area contributed by atoms with Crippen LogP contribution >= 0.6 is 0 Å². The van der Waals surface area contributed by atoms with Crippen LogP contribution in [-0.4, -0.2) is 35.6 Å². The number of methoxy groups -OCH3 is 1. The van der Waals surface area contributed by atoms with E-state index in [0.29, 0.717) is 0 Å². The van der Waals surface area contributed by atoms with Crippen molar-refractivity contribution < 1.29 is 19.2 Å². The first kappa shape index (κ1) is 13.8. The van der Waals surface area contributed by atoms with Gasteiger partial charge in [-0.1, -0.05) is 0 Å². The molecule has 0 aliphatic rings. The number of carbonyl (C=O) groups is 1. The number of hydrazine groups is 1. The van der Waals surface area contributed by atoms with E-state index >= 15 is 0 Å². The Labute approximate surface area is 102 Å². The maximum absolute atomic E-state index is 11.4. The van der Waals surface area contributed by atoms with Gasteiger partial charge >= 0.3 is 5.82 Å². The van der Waals surface area contributed by atoms with Crippen molar-refractivity contribution in [1.29, 1.82) is 0 Å². The fourth-order valence-electron chi connectivity index (χ4n) is 1.17. The highest BCUT2D eigenvalue weighted by atomic mass is 16.6. The molecular formula is C9H12N4O5. The van der Waals surface area contributed by atoms with Crippen LogP contribution in [0, 0.1) is 10.1 Å². The number of amides is 1. The van der Waals surface area contributed by atoms with Crippen molar-refractivity contribution in [1.82, 2.24) is 10.4 Å². The third-order valence-corrected chi connectivity index (χ3v) is 1.95. The molecule has 0 saturated heterocycles. The lowest BCUT2D eigenvalue weighted by Gasteiger charge is -2.15. The molecule has 0 bridgehead atoms. The number of nitrogens with one attached hydrogen (secondary N) is 1. The van der Waals surface area contributed by atoms with Gasteiger partial charge in [0.15, 0.2) is 0 Å². The predicted octanol–water partition coefficient (Wildman–Crippen LogP) is -0.626. The molecule has 1 atom stereocenters. The van der Waals surface area contributed by atoms with E-state index in [2.05, 4.69) is 4.98 Å². The zero-order valence-corrected chi connectivity index (χ0v) is 9.53. The quantitative estimate of drug-likeness (QED) is 0.300. The zero-order valence-electron chi connectivity index (χ0n) is 9.53. The van der Waals surface area contributed by atoms with Crippen molar-refractivity contribution in [2.45, 2.75) is 6.10 Å². The highest BCUT2D eigenvalue weighted by molar-refractivity contribution is 5.80. The molecule has 0 aromatic carbocycles. The number of nitrogens with zero attached hydrogens (tertiary/aromatic N) is 2. The van der Waals surface area contributed by atoms with E-state index in [1.807, 2.05) is 5.43 Å². The Hall–Kier alpha value is -2.26. The first-order valence-electron chi connectivity index (χ1n) is 4.85. The van der Waals surface area contributed by atoms with Gasteiger partial charge in [-0.15, -0.1) is 0 Å². The molecule has 18 heavy (non-hydrogen) atoms. The van der Waals surface area contributed by atoms with Gasteiger partial charge in [0.1, 0.15) is 6.20 Å². The van der Waals surface area contributed by atoms with Gasteiger partial charge in [-0.2, -0.15) is 0 Å². The number of ether oxygens (including phenoxy) is 2. The first-order valence-corrected chi connectivity index (χ1v) is 4.85. The molecule has 1 heterocycles. The lowest BCUT2D eigenvalue weighted by molar-refractivity contribution is -0.390. The van der Waals surface area contributed by atoms with Crippen LogP contribution in [0.2, 0.25) is 0 Å². The summed E-state index contributed by atoms with van der Waals surface area (Å²) in [4.78, 5) is 24.9. The smallest absolute Gasteiger partial charge is 0.406 e. The molecular weight excluding hydrogens is 244 g/mol. The highest BCUT2D eigenvalue weighted by Crippen LogP contribution is 2.24. The van der Waals surface area contributed by atoms with Crippen LogP contribution in [-0.2, 0) is 9.53 Å². The minimum Gasteiger partial charge on any atom is -0.470 e. The molecule has 1 amide bonds. The summed E-state index contributed by atoms with van der Waals surface area (Å²) < 4.78 is 9.95. The normalized spacial score (nSPS) is 11.7. The first-order chi connectivity index (χ1) is 8.60. The summed E-state index contributed by atoms with van der Waals surface area (Å²) in [6.45, 7) is -0.102. The number of hydrogen-bond acceptors (Lipinski definition) is 7. The van der Waals surface area contributed by atoms with Gasteiger partial charge in [-0.25, -0.2) is 5.84 Å².